The fraction of sp³-hybridized carbons (Fsp3) is 0.278. The maximum absolute atomic E-state index is 9.82. The molecule has 8 nitrogen and oxygen atoms in total. The summed E-state index contributed by atoms with van der Waals surface area (Å²) >= 11 is 0. The van der Waals surface area contributed by atoms with Gasteiger partial charge in [0.1, 0.15) is 70.0 Å². The molecule has 0 aliphatic rings. The smallest absolute Gasteiger partial charge is 0.134 e. The lowest BCUT2D eigenvalue weighted by Gasteiger charge is -2.35. The predicted octanol–water partition coefficient (Wildman–Crippen LogP) is 18.8. The highest BCUT2D eigenvalue weighted by Gasteiger charge is 2.34. The molecule has 0 aliphatic heterocycles. The lowest BCUT2D eigenvalue weighted by molar-refractivity contribution is 0.0491. The Hall–Kier alpha value is -9.08. The largest absolute Gasteiger partial charge is 0.483 e. The van der Waals surface area contributed by atoms with Gasteiger partial charge >= 0.3 is 0 Å². The number of benzene rings is 8. The second-order valence-corrected chi connectivity index (χ2v) is 21.9. The van der Waals surface area contributed by atoms with E-state index in [-0.39, 0.29) is 16.4 Å². The van der Waals surface area contributed by atoms with E-state index in [0.717, 1.165) is 119 Å². The first kappa shape index (κ1) is 57.1. The number of unbranched alkanes of at least 4 members (excludes halogenated alkanes) is 3. The summed E-state index contributed by atoms with van der Waals surface area (Å²) in [5.41, 5.74) is 8.40. The standard InChI is InChI=1S/C72H70N4O4/c1-9-12-14-44-72(11-3,62-23-17-53(47-73)55(45-62)49-75)80-67-41-30-60(31-42-67)70(6,7)57-24-35-64(36-25-57)77-63-32-18-52(19-33-63)51-15-21-61(22-16-51)71(8,43-13-10-2)79-66-39-28-59(29-40-66)69(4,5)58-26-37-65(38-27-58)78-68-34-20-54(48-74)56(46-68)50-76/h15-42,45-46H,9-14,43-44H2,1-8H3. The van der Waals surface area contributed by atoms with Crippen molar-refractivity contribution >= 4 is 0 Å². The lowest BCUT2D eigenvalue weighted by Crippen LogP contribution is -2.33. The lowest BCUT2D eigenvalue weighted by atomic mass is 9.78. The second-order valence-electron chi connectivity index (χ2n) is 21.9. The van der Waals surface area contributed by atoms with Crippen LogP contribution in [0.2, 0.25) is 0 Å². The zero-order valence-electron chi connectivity index (χ0n) is 47.4. The molecule has 0 saturated carbocycles. The predicted molar refractivity (Wildman–Crippen MR) is 318 cm³/mol. The number of nitrogens with zero attached hydrogens (tertiary/aromatic N) is 4. The summed E-state index contributed by atoms with van der Waals surface area (Å²) in [6, 6.07) is 68.9. The molecule has 0 bridgehead atoms. The third-order valence-corrected chi connectivity index (χ3v) is 15.9. The molecular formula is C72H70N4O4. The van der Waals surface area contributed by atoms with E-state index in [0.29, 0.717) is 28.2 Å². The Morgan fingerprint density at radius 2 is 0.700 bits per heavy atom. The molecule has 8 rings (SSSR count). The topological polar surface area (TPSA) is 132 Å². The first-order chi connectivity index (χ1) is 38.6. The highest BCUT2D eigenvalue weighted by molar-refractivity contribution is 5.65. The Balaban J connectivity index is 0.886. The van der Waals surface area contributed by atoms with E-state index in [1.54, 1.807) is 24.3 Å². The van der Waals surface area contributed by atoms with Crippen LogP contribution in [0.4, 0.5) is 0 Å². The van der Waals surface area contributed by atoms with Crippen molar-refractivity contribution < 1.29 is 18.9 Å². The van der Waals surface area contributed by atoms with Crippen LogP contribution in [0.25, 0.3) is 11.1 Å². The van der Waals surface area contributed by atoms with Crippen LogP contribution in [-0.2, 0) is 22.0 Å². The van der Waals surface area contributed by atoms with Gasteiger partial charge in [0.2, 0.25) is 0 Å². The molecule has 0 radical (unpaired) electrons. The zero-order chi connectivity index (χ0) is 56.9. The minimum absolute atomic E-state index is 0.284. The zero-order valence-corrected chi connectivity index (χ0v) is 47.4. The van der Waals surface area contributed by atoms with Crippen LogP contribution in [0.1, 0.15) is 162 Å². The van der Waals surface area contributed by atoms with E-state index in [1.165, 1.54) is 0 Å². The van der Waals surface area contributed by atoms with Crippen molar-refractivity contribution in [2.24, 2.45) is 0 Å². The Kier molecular flexibility index (Phi) is 18.0. The van der Waals surface area contributed by atoms with Crippen LogP contribution in [0, 0.1) is 45.3 Å². The molecule has 2 atom stereocenters. The molecule has 0 fully saturated rings. The molecule has 8 aromatic carbocycles. The molecule has 0 heterocycles. The monoisotopic (exact) mass is 1050 g/mol. The van der Waals surface area contributed by atoms with Crippen molar-refractivity contribution in [3.8, 4) is 69.9 Å². The first-order valence-electron chi connectivity index (χ1n) is 27.9. The molecule has 0 spiro atoms. The Morgan fingerprint density at radius 1 is 0.338 bits per heavy atom. The quantitative estimate of drug-likeness (QED) is 0.0579. The Morgan fingerprint density at radius 3 is 1.15 bits per heavy atom. The van der Waals surface area contributed by atoms with Gasteiger partial charge in [-0.05, 0) is 175 Å². The summed E-state index contributed by atoms with van der Waals surface area (Å²) in [6.45, 7) is 17.6. The molecule has 0 amide bonds. The summed E-state index contributed by atoms with van der Waals surface area (Å²) in [5.74, 6) is 4.24. The van der Waals surface area contributed by atoms with Gasteiger partial charge in [-0.25, -0.2) is 0 Å². The first-order valence-corrected chi connectivity index (χ1v) is 27.9. The van der Waals surface area contributed by atoms with Crippen LogP contribution in [0.3, 0.4) is 0 Å². The summed E-state index contributed by atoms with van der Waals surface area (Å²) in [7, 11) is 0. The SMILES string of the molecule is CCCCCC(CC)(Oc1ccc(C(C)(C)c2ccc(Oc3ccc(-c4ccc(C(C)(CCCC)Oc5ccc(C(C)(C)c6ccc(Oc7ccc(C#N)c(C#N)c7)cc6)cc5)cc4)cc3)cc2)cc1)c1ccc(C#N)c(C#N)c1. The molecule has 0 saturated heterocycles. The van der Waals surface area contributed by atoms with E-state index in [1.807, 2.05) is 66.7 Å². The van der Waals surface area contributed by atoms with Crippen molar-refractivity contribution in [3.05, 3.63) is 238 Å². The highest BCUT2D eigenvalue weighted by Crippen LogP contribution is 2.41. The van der Waals surface area contributed by atoms with Crippen molar-refractivity contribution in [2.75, 3.05) is 0 Å². The number of hydrogen-bond acceptors (Lipinski definition) is 8. The second kappa shape index (κ2) is 25.1. The number of ether oxygens (including phenoxy) is 4. The fourth-order valence-corrected chi connectivity index (χ4v) is 10.5. The highest BCUT2D eigenvalue weighted by atomic mass is 16.5. The van der Waals surface area contributed by atoms with Crippen LogP contribution < -0.4 is 18.9 Å². The molecule has 0 N–H and O–H groups in total. The molecule has 80 heavy (non-hydrogen) atoms. The van der Waals surface area contributed by atoms with E-state index < -0.39 is 11.2 Å². The summed E-state index contributed by atoms with van der Waals surface area (Å²) in [5, 5.41) is 38.1. The average Bonchev–Trinajstić information content (AvgIpc) is 3.50. The van der Waals surface area contributed by atoms with Gasteiger partial charge in [0.25, 0.3) is 0 Å². The van der Waals surface area contributed by atoms with Gasteiger partial charge in [0.15, 0.2) is 0 Å². The minimum Gasteiger partial charge on any atom is -0.483 e. The summed E-state index contributed by atoms with van der Waals surface area (Å²) < 4.78 is 26.2. The summed E-state index contributed by atoms with van der Waals surface area (Å²) in [6.07, 6.45) is 7.63. The maximum Gasteiger partial charge on any atom is 0.134 e. The van der Waals surface area contributed by atoms with Gasteiger partial charge in [-0.3, -0.25) is 0 Å². The van der Waals surface area contributed by atoms with Crippen LogP contribution in [0.5, 0.6) is 34.5 Å². The third-order valence-electron chi connectivity index (χ3n) is 15.9. The molecule has 8 aromatic rings. The molecule has 402 valence electrons. The van der Waals surface area contributed by atoms with E-state index in [2.05, 4.69) is 171 Å². The number of rotatable bonds is 23. The molecule has 2 unspecified atom stereocenters. The van der Waals surface area contributed by atoms with Crippen molar-refractivity contribution in [3.63, 3.8) is 0 Å². The van der Waals surface area contributed by atoms with Gasteiger partial charge in [0.05, 0.1) is 22.3 Å². The van der Waals surface area contributed by atoms with E-state index >= 15 is 0 Å². The normalized spacial score (nSPS) is 12.8. The van der Waals surface area contributed by atoms with E-state index in [9.17, 15) is 21.0 Å². The maximum atomic E-state index is 9.82. The van der Waals surface area contributed by atoms with Crippen molar-refractivity contribution in [1.29, 1.82) is 21.0 Å². The van der Waals surface area contributed by atoms with Crippen LogP contribution in [-0.4, -0.2) is 0 Å². The summed E-state index contributed by atoms with van der Waals surface area (Å²) in [4.78, 5) is 0. The Bertz CT molecular complexity index is 3560. The van der Waals surface area contributed by atoms with Gasteiger partial charge in [-0.2, -0.15) is 21.0 Å². The number of hydrogen-bond donors (Lipinski definition) is 0. The minimum atomic E-state index is -0.628. The average molecular weight is 1060 g/mol. The van der Waals surface area contributed by atoms with Gasteiger partial charge in [0, 0.05) is 10.8 Å². The molecule has 0 aliphatic carbocycles. The van der Waals surface area contributed by atoms with Gasteiger partial charge in [-0.15, -0.1) is 0 Å². The fourth-order valence-electron chi connectivity index (χ4n) is 10.5. The van der Waals surface area contributed by atoms with Gasteiger partial charge in [-0.1, -0.05) is 159 Å². The number of nitriles is 4. The Labute approximate surface area is 474 Å². The van der Waals surface area contributed by atoms with Crippen molar-refractivity contribution in [2.45, 2.75) is 129 Å². The molecule has 8 heteroatoms. The van der Waals surface area contributed by atoms with E-state index in [4.69, 9.17) is 18.9 Å². The van der Waals surface area contributed by atoms with Crippen LogP contribution >= 0.6 is 0 Å². The molecular weight excluding hydrogens is 985 g/mol. The third kappa shape index (κ3) is 12.9. The van der Waals surface area contributed by atoms with Crippen molar-refractivity contribution in [1.82, 2.24) is 0 Å². The van der Waals surface area contributed by atoms with Gasteiger partial charge < -0.3 is 18.9 Å². The van der Waals surface area contributed by atoms with Crippen LogP contribution in [0.15, 0.2) is 182 Å². The molecule has 0 aromatic heterocycles.